The smallest absolute Gasteiger partial charge is 0.227 e. The minimum absolute atomic E-state index is 0.0654. The van der Waals surface area contributed by atoms with Crippen LogP contribution >= 0.6 is 0 Å². The molecule has 0 bridgehead atoms. The SMILES string of the molecule is O=C(Nc1cncc(-c2ccc3[nH]nc(-c4nc5ccccc5[nH]4)c3n2)c1)C1CCC1. The zero-order valence-electron chi connectivity index (χ0n) is 16.6. The van der Waals surface area contributed by atoms with Crippen molar-refractivity contribution in [1.29, 1.82) is 0 Å². The second kappa shape index (κ2) is 7.02. The van der Waals surface area contributed by atoms with Gasteiger partial charge in [-0.15, -0.1) is 0 Å². The molecule has 3 N–H and O–H groups in total. The van der Waals surface area contributed by atoms with Crippen LogP contribution in [0.3, 0.4) is 0 Å². The quantitative estimate of drug-likeness (QED) is 0.410. The largest absolute Gasteiger partial charge is 0.337 e. The van der Waals surface area contributed by atoms with Crippen molar-refractivity contribution in [2.75, 3.05) is 5.32 Å². The van der Waals surface area contributed by atoms with E-state index in [9.17, 15) is 4.79 Å². The van der Waals surface area contributed by atoms with E-state index in [1.807, 2.05) is 42.5 Å². The van der Waals surface area contributed by atoms with Gasteiger partial charge in [-0.25, -0.2) is 9.97 Å². The second-order valence-corrected chi connectivity index (χ2v) is 7.85. The Morgan fingerprint density at radius 1 is 1.03 bits per heavy atom. The van der Waals surface area contributed by atoms with Crippen LogP contribution in [0.5, 0.6) is 0 Å². The lowest BCUT2D eigenvalue weighted by atomic mass is 9.85. The van der Waals surface area contributed by atoms with Crippen LogP contribution in [0.25, 0.3) is 44.8 Å². The molecule has 6 rings (SSSR count). The molecule has 1 fully saturated rings. The van der Waals surface area contributed by atoms with Gasteiger partial charge in [-0.05, 0) is 43.2 Å². The highest BCUT2D eigenvalue weighted by atomic mass is 16.1. The van der Waals surface area contributed by atoms with E-state index in [0.717, 1.165) is 52.6 Å². The zero-order chi connectivity index (χ0) is 20.8. The summed E-state index contributed by atoms with van der Waals surface area (Å²) in [6.07, 6.45) is 6.45. The summed E-state index contributed by atoms with van der Waals surface area (Å²) in [5.41, 5.74) is 6.29. The average Bonchev–Trinajstić information content (AvgIpc) is 3.36. The lowest BCUT2D eigenvalue weighted by Crippen LogP contribution is -2.28. The van der Waals surface area contributed by atoms with Gasteiger partial charge in [0.15, 0.2) is 11.5 Å². The summed E-state index contributed by atoms with van der Waals surface area (Å²) in [6.45, 7) is 0. The highest BCUT2D eigenvalue weighted by Crippen LogP contribution is 2.30. The van der Waals surface area contributed by atoms with Crippen LogP contribution in [0.4, 0.5) is 5.69 Å². The van der Waals surface area contributed by atoms with E-state index in [1.165, 1.54) is 0 Å². The Hall–Kier alpha value is -4.07. The number of pyridine rings is 2. The predicted molar refractivity (Wildman–Crippen MR) is 118 cm³/mol. The fourth-order valence-corrected chi connectivity index (χ4v) is 3.85. The number of aromatic amines is 2. The Labute approximate surface area is 177 Å². The third-order valence-corrected chi connectivity index (χ3v) is 5.80. The molecule has 1 aromatic carbocycles. The number of anilines is 1. The van der Waals surface area contributed by atoms with Crippen LogP contribution in [-0.4, -0.2) is 36.0 Å². The van der Waals surface area contributed by atoms with Crippen LogP contribution in [0.15, 0.2) is 54.9 Å². The summed E-state index contributed by atoms with van der Waals surface area (Å²) >= 11 is 0. The van der Waals surface area contributed by atoms with Gasteiger partial charge in [0.2, 0.25) is 5.91 Å². The maximum Gasteiger partial charge on any atom is 0.227 e. The molecule has 0 spiro atoms. The number of nitrogens with zero attached hydrogens (tertiary/aromatic N) is 4. The molecule has 0 unspecified atom stereocenters. The molecule has 0 aliphatic heterocycles. The van der Waals surface area contributed by atoms with Crippen molar-refractivity contribution in [2.24, 2.45) is 5.92 Å². The number of H-pyrrole nitrogens is 2. The van der Waals surface area contributed by atoms with E-state index in [4.69, 9.17) is 4.98 Å². The standard InChI is InChI=1S/C23H19N7O/c31-23(13-4-3-5-13)25-15-10-14(11-24-12-15)16-8-9-19-20(26-16)21(30-29-19)22-27-17-6-1-2-7-18(17)28-22/h1-2,6-13H,3-5H2,(H,25,31)(H,27,28)(H,29,30). The number of para-hydroxylation sites is 2. The van der Waals surface area contributed by atoms with Crippen LogP contribution < -0.4 is 5.32 Å². The molecular weight excluding hydrogens is 390 g/mol. The van der Waals surface area contributed by atoms with Gasteiger partial charge in [-0.2, -0.15) is 5.10 Å². The van der Waals surface area contributed by atoms with Gasteiger partial charge in [-0.3, -0.25) is 14.9 Å². The normalized spacial score (nSPS) is 14.1. The Morgan fingerprint density at radius 2 is 1.94 bits per heavy atom. The number of nitrogens with one attached hydrogen (secondary N) is 3. The molecule has 1 saturated carbocycles. The van der Waals surface area contributed by atoms with Gasteiger partial charge in [-0.1, -0.05) is 18.6 Å². The fourth-order valence-electron chi connectivity index (χ4n) is 3.85. The molecule has 0 saturated heterocycles. The van der Waals surface area contributed by atoms with Crippen molar-refractivity contribution in [1.82, 2.24) is 30.1 Å². The molecule has 8 nitrogen and oxygen atoms in total. The topological polar surface area (TPSA) is 112 Å². The van der Waals surface area contributed by atoms with E-state index in [-0.39, 0.29) is 11.8 Å². The maximum absolute atomic E-state index is 12.3. The van der Waals surface area contributed by atoms with Crippen LogP contribution in [0.1, 0.15) is 19.3 Å². The summed E-state index contributed by atoms with van der Waals surface area (Å²) in [4.78, 5) is 29.4. The van der Waals surface area contributed by atoms with Gasteiger partial charge < -0.3 is 10.3 Å². The van der Waals surface area contributed by atoms with Crippen molar-refractivity contribution < 1.29 is 4.79 Å². The summed E-state index contributed by atoms with van der Waals surface area (Å²) in [7, 11) is 0. The number of hydrogen-bond acceptors (Lipinski definition) is 5. The summed E-state index contributed by atoms with van der Waals surface area (Å²) in [5.74, 6) is 0.850. The number of aromatic nitrogens is 6. The zero-order valence-corrected chi connectivity index (χ0v) is 16.6. The first kappa shape index (κ1) is 17.8. The number of rotatable bonds is 4. The van der Waals surface area contributed by atoms with Gasteiger partial charge in [0, 0.05) is 17.7 Å². The Balaban J connectivity index is 1.37. The van der Waals surface area contributed by atoms with Crippen molar-refractivity contribution >= 4 is 33.7 Å². The molecule has 8 heteroatoms. The van der Waals surface area contributed by atoms with Gasteiger partial charge >= 0.3 is 0 Å². The molecule has 31 heavy (non-hydrogen) atoms. The van der Waals surface area contributed by atoms with Crippen molar-refractivity contribution in [3.63, 3.8) is 0 Å². The Morgan fingerprint density at radius 3 is 2.77 bits per heavy atom. The monoisotopic (exact) mass is 409 g/mol. The maximum atomic E-state index is 12.3. The van der Waals surface area contributed by atoms with Crippen LogP contribution in [-0.2, 0) is 4.79 Å². The number of hydrogen-bond donors (Lipinski definition) is 3. The van der Waals surface area contributed by atoms with Crippen molar-refractivity contribution in [2.45, 2.75) is 19.3 Å². The Kier molecular flexibility index (Phi) is 4.02. The van der Waals surface area contributed by atoms with Crippen LogP contribution in [0.2, 0.25) is 0 Å². The first-order valence-corrected chi connectivity index (χ1v) is 10.3. The fraction of sp³-hybridized carbons (Fsp3) is 0.174. The second-order valence-electron chi connectivity index (χ2n) is 7.85. The van der Waals surface area contributed by atoms with Crippen molar-refractivity contribution in [3.05, 3.63) is 54.9 Å². The molecule has 4 heterocycles. The number of carbonyl (C=O) groups excluding carboxylic acids is 1. The number of carbonyl (C=O) groups is 1. The van der Waals surface area contributed by atoms with Gasteiger partial charge in [0.05, 0.1) is 34.1 Å². The molecule has 152 valence electrons. The van der Waals surface area contributed by atoms with E-state index >= 15 is 0 Å². The molecular formula is C23H19N7O. The molecule has 1 aliphatic rings. The highest BCUT2D eigenvalue weighted by Gasteiger charge is 2.25. The predicted octanol–water partition coefficient (Wildman–Crippen LogP) is 4.30. The van der Waals surface area contributed by atoms with E-state index in [2.05, 4.69) is 30.5 Å². The summed E-state index contributed by atoms with van der Waals surface area (Å²) in [5, 5.41) is 10.4. The lowest BCUT2D eigenvalue weighted by Gasteiger charge is -2.24. The molecule has 1 amide bonds. The van der Waals surface area contributed by atoms with Crippen LogP contribution in [0, 0.1) is 5.92 Å². The molecule has 0 radical (unpaired) electrons. The average molecular weight is 409 g/mol. The number of benzene rings is 1. The Bertz CT molecular complexity index is 1400. The molecule has 5 aromatic rings. The first-order valence-electron chi connectivity index (χ1n) is 10.3. The number of amides is 1. The van der Waals surface area contributed by atoms with E-state index in [1.54, 1.807) is 12.4 Å². The van der Waals surface area contributed by atoms with Gasteiger partial charge in [0.25, 0.3) is 0 Å². The highest BCUT2D eigenvalue weighted by molar-refractivity contribution is 5.94. The van der Waals surface area contributed by atoms with Gasteiger partial charge in [0.1, 0.15) is 5.52 Å². The third kappa shape index (κ3) is 3.13. The summed E-state index contributed by atoms with van der Waals surface area (Å²) in [6, 6.07) is 13.6. The van der Waals surface area contributed by atoms with E-state index in [0.29, 0.717) is 17.2 Å². The third-order valence-electron chi connectivity index (χ3n) is 5.80. The minimum atomic E-state index is 0.0654. The van der Waals surface area contributed by atoms with Crippen molar-refractivity contribution in [3.8, 4) is 22.8 Å². The molecule has 4 aromatic heterocycles. The van der Waals surface area contributed by atoms with E-state index < -0.39 is 0 Å². The number of imidazole rings is 1. The summed E-state index contributed by atoms with van der Waals surface area (Å²) < 4.78 is 0. The number of fused-ring (bicyclic) bond motifs is 2. The lowest BCUT2D eigenvalue weighted by molar-refractivity contribution is -0.122. The molecule has 0 atom stereocenters. The molecule has 1 aliphatic carbocycles. The minimum Gasteiger partial charge on any atom is -0.337 e. The first-order chi connectivity index (χ1) is 15.2.